The predicted molar refractivity (Wildman–Crippen MR) is 151 cm³/mol. The molecule has 2 unspecified atom stereocenters. The van der Waals surface area contributed by atoms with E-state index in [1.807, 2.05) is 6.07 Å². The molecule has 3 aromatic rings. The van der Waals surface area contributed by atoms with Crippen LogP contribution in [0.2, 0.25) is 0 Å². The Morgan fingerprint density at radius 2 is 1.77 bits per heavy atom. The van der Waals surface area contributed by atoms with Crippen molar-refractivity contribution in [1.82, 2.24) is 10.2 Å². The second kappa shape index (κ2) is 12.0. The van der Waals surface area contributed by atoms with Gasteiger partial charge in [-0.1, -0.05) is 18.2 Å². The first-order valence-electron chi connectivity index (χ1n) is 13.1. The number of piperazine rings is 1. The van der Waals surface area contributed by atoms with Gasteiger partial charge in [0.2, 0.25) is 0 Å². The molecule has 0 radical (unpaired) electrons. The fourth-order valence-corrected chi connectivity index (χ4v) is 4.85. The Morgan fingerprint density at radius 1 is 1.02 bits per heavy atom. The van der Waals surface area contributed by atoms with E-state index < -0.39 is 30.1 Å². The van der Waals surface area contributed by atoms with Crippen LogP contribution in [0.3, 0.4) is 0 Å². The van der Waals surface area contributed by atoms with Crippen molar-refractivity contribution in [3.63, 3.8) is 0 Å². The van der Waals surface area contributed by atoms with Gasteiger partial charge in [-0.2, -0.15) is 0 Å². The van der Waals surface area contributed by atoms with Gasteiger partial charge in [-0.15, -0.1) is 0 Å². The number of halogens is 2. The number of nitrogen functional groups attached to an aromatic ring is 1. The summed E-state index contributed by atoms with van der Waals surface area (Å²) < 4.78 is 34.5. The van der Waals surface area contributed by atoms with Crippen LogP contribution in [0.5, 0.6) is 0 Å². The van der Waals surface area contributed by atoms with Crippen molar-refractivity contribution in [2.45, 2.75) is 12.5 Å². The van der Waals surface area contributed by atoms with Crippen LogP contribution >= 0.6 is 0 Å². The summed E-state index contributed by atoms with van der Waals surface area (Å²) in [5.74, 6) is -1.73. The summed E-state index contributed by atoms with van der Waals surface area (Å²) in [7, 11) is 2.06. The van der Waals surface area contributed by atoms with Gasteiger partial charge >= 0.3 is 0 Å². The lowest BCUT2D eigenvalue weighted by Crippen LogP contribution is -2.58. The number of nitrogens with zero attached hydrogens (tertiary/aromatic N) is 3. The minimum Gasteiger partial charge on any atom is -0.398 e. The molecule has 9 nitrogen and oxygen atoms in total. The van der Waals surface area contributed by atoms with E-state index >= 15 is 0 Å². The number of ether oxygens (including phenoxy) is 1. The van der Waals surface area contributed by atoms with E-state index in [4.69, 9.17) is 10.5 Å². The molecule has 210 valence electrons. The summed E-state index contributed by atoms with van der Waals surface area (Å²) in [6.07, 6.45) is -2.35. The molecule has 0 aliphatic carbocycles. The molecular weight excluding hydrogens is 518 g/mol. The highest BCUT2D eigenvalue weighted by Gasteiger charge is 2.32. The smallest absolute Gasteiger partial charge is 0.259 e. The second-order valence-electron chi connectivity index (χ2n) is 9.91. The van der Waals surface area contributed by atoms with E-state index in [2.05, 4.69) is 27.5 Å². The number of carbonyl (C=O) groups is 2. The maximum Gasteiger partial charge on any atom is 0.259 e. The summed E-state index contributed by atoms with van der Waals surface area (Å²) in [6, 6.07) is 17.6. The van der Waals surface area contributed by atoms with E-state index in [-0.39, 0.29) is 35.8 Å². The topological polar surface area (TPSA) is 103 Å². The van der Waals surface area contributed by atoms with Crippen molar-refractivity contribution in [2.75, 3.05) is 67.3 Å². The lowest BCUT2D eigenvalue weighted by Gasteiger charge is -2.36. The first kappa shape index (κ1) is 27.5. The van der Waals surface area contributed by atoms with Crippen LogP contribution in [0.25, 0.3) is 0 Å². The largest absolute Gasteiger partial charge is 0.398 e. The molecule has 0 aromatic heterocycles. The number of amides is 2. The minimum atomic E-state index is -1.49. The number of nitrogens with two attached hydrogens (primary N) is 1. The number of nitrogens with one attached hydrogen (secondary N) is 2. The quantitative estimate of drug-likeness (QED) is 0.320. The molecular formula is C29H32F2N6O3. The van der Waals surface area contributed by atoms with Crippen molar-refractivity contribution in [2.24, 2.45) is 0 Å². The average molecular weight is 551 g/mol. The van der Waals surface area contributed by atoms with Crippen LogP contribution in [0.1, 0.15) is 20.7 Å². The predicted octanol–water partition coefficient (Wildman–Crippen LogP) is 3.30. The second-order valence-corrected chi connectivity index (χ2v) is 9.91. The highest BCUT2D eigenvalue weighted by molar-refractivity contribution is 6.09. The molecule has 0 spiro atoms. The molecule has 40 heavy (non-hydrogen) atoms. The van der Waals surface area contributed by atoms with Gasteiger partial charge < -0.3 is 25.6 Å². The van der Waals surface area contributed by atoms with Crippen LogP contribution < -0.4 is 26.2 Å². The van der Waals surface area contributed by atoms with Gasteiger partial charge in [0.15, 0.2) is 6.30 Å². The van der Waals surface area contributed by atoms with Crippen LogP contribution in [-0.2, 0) is 4.74 Å². The van der Waals surface area contributed by atoms with Gasteiger partial charge in [0.25, 0.3) is 11.8 Å². The number of benzene rings is 3. The average Bonchev–Trinajstić information content (AvgIpc) is 2.96. The molecule has 2 saturated heterocycles. The Morgan fingerprint density at radius 3 is 2.50 bits per heavy atom. The van der Waals surface area contributed by atoms with E-state index in [1.165, 1.54) is 17.0 Å². The molecule has 11 heteroatoms. The van der Waals surface area contributed by atoms with E-state index in [1.54, 1.807) is 42.5 Å². The number of carbonyl (C=O) groups excluding carboxylic acids is 2. The Labute approximate surface area is 231 Å². The number of alkyl halides is 1. The van der Waals surface area contributed by atoms with E-state index in [0.29, 0.717) is 5.56 Å². The van der Waals surface area contributed by atoms with Crippen molar-refractivity contribution < 1.29 is 23.1 Å². The lowest BCUT2D eigenvalue weighted by molar-refractivity contribution is 0.000499. The molecule has 3 aromatic carbocycles. The molecule has 5 rings (SSSR count). The zero-order chi connectivity index (χ0) is 28.2. The molecule has 0 bridgehead atoms. The summed E-state index contributed by atoms with van der Waals surface area (Å²) in [6.45, 7) is 3.28. The first-order valence-corrected chi connectivity index (χ1v) is 13.1. The van der Waals surface area contributed by atoms with Crippen LogP contribution in [0.15, 0.2) is 66.7 Å². The molecule has 2 heterocycles. The third-order valence-electron chi connectivity index (χ3n) is 7.09. The first-order chi connectivity index (χ1) is 19.3. The third-order valence-corrected chi connectivity index (χ3v) is 7.09. The molecule has 2 amide bonds. The van der Waals surface area contributed by atoms with E-state index in [0.717, 1.165) is 37.9 Å². The maximum absolute atomic E-state index is 15.0. The van der Waals surface area contributed by atoms with Crippen LogP contribution in [-0.4, -0.2) is 75.6 Å². The number of morpholine rings is 1. The number of hydrogen-bond donors (Lipinski definition) is 3. The SMILES string of the molecule is CN1CCN(c2ccc(N)c(C(=O)Nc3cc(N(C(=O)c4ccccc4)C4COCC(F)N4)ccc3F)c2)CC1. The molecule has 2 atom stereocenters. The van der Waals surface area contributed by atoms with Gasteiger partial charge in [-0.3, -0.25) is 19.8 Å². The van der Waals surface area contributed by atoms with Crippen molar-refractivity contribution >= 4 is 34.6 Å². The minimum absolute atomic E-state index is 0.0215. The third kappa shape index (κ3) is 6.06. The van der Waals surface area contributed by atoms with Crippen molar-refractivity contribution in [3.8, 4) is 0 Å². The number of hydrogen-bond acceptors (Lipinski definition) is 7. The number of likely N-dealkylation sites (N-methyl/N-ethyl adjacent to an activating group) is 1. The molecule has 0 saturated carbocycles. The zero-order valence-electron chi connectivity index (χ0n) is 22.1. The zero-order valence-corrected chi connectivity index (χ0v) is 22.1. The summed E-state index contributed by atoms with van der Waals surface area (Å²) in [4.78, 5) is 32.6. The van der Waals surface area contributed by atoms with Gasteiger partial charge in [0.05, 0.1) is 24.5 Å². The highest BCUT2D eigenvalue weighted by atomic mass is 19.1. The highest BCUT2D eigenvalue weighted by Crippen LogP contribution is 2.29. The van der Waals surface area contributed by atoms with Crippen molar-refractivity contribution in [1.29, 1.82) is 0 Å². The van der Waals surface area contributed by atoms with Gasteiger partial charge in [0, 0.05) is 48.8 Å². The van der Waals surface area contributed by atoms with Crippen LogP contribution in [0.4, 0.5) is 31.5 Å². The molecule has 2 fully saturated rings. The summed E-state index contributed by atoms with van der Waals surface area (Å²) in [5.41, 5.74) is 7.91. The lowest BCUT2D eigenvalue weighted by atomic mass is 10.1. The van der Waals surface area contributed by atoms with Crippen LogP contribution in [0, 0.1) is 5.82 Å². The summed E-state index contributed by atoms with van der Waals surface area (Å²) in [5, 5.41) is 5.33. The molecule has 2 aliphatic heterocycles. The molecule has 2 aliphatic rings. The summed E-state index contributed by atoms with van der Waals surface area (Å²) >= 11 is 0. The monoisotopic (exact) mass is 550 g/mol. The standard InChI is InChI=1S/C29H32F2N6O3/c1-35-11-13-36(14-12-35)20-8-10-24(32)22(15-20)28(38)33-25-16-21(7-9-23(25)30)37(27-18-40-17-26(31)34-27)29(39)19-5-3-2-4-6-19/h2-10,15-16,26-27,34H,11-14,17-18,32H2,1H3,(H,33,38). The number of anilines is 4. The van der Waals surface area contributed by atoms with Gasteiger partial charge in [-0.25, -0.2) is 8.78 Å². The normalized spacial score (nSPS) is 19.7. The van der Waals surface area contributed by atoms with E-state index in [9.17, 15) is 18.4 Å². The van der Waals surface area contributed by atoms with Gasteiger partial charge in [0.1, 0.15) is 12.0 Å². The fraction of sp³-hybridized carbons (Fsp3) is 0.310. The Kier molecular flexibility index (Phi) is 8.24. The van der Waals surface area contributed by atoms with Gasteiger partial charge in [-0.05, 0) is 55.6 Å². The Balaban J connectivity index is 1.43. The maximum atomic E-state index is 15.0. The molecule has 4 N–H and O–H groups in total. The van der Waals surface area contributed by atoms with Crippen molar-refractivity contribution in [3.05, 3.63) is 83.7 Å². The Bertz CT molecular complexity index is 1370. The Hall–Kier alpha value is -4.06. The number of rotatable bonds is 6. The fourth-order valence-electron chi connectivity index (χ4n) is 4.85.